The van der Waals surface area contributed by atoms with Gasteiger partial charge in [0.15, 0.2) is 6.20 Å². The molecule has 0 aliphatic rings. The number of aliphatic hydroxyl groups excluding tert-OH is 1. The Balaban J connectivity index is 3.18. The second kappa shape index (κ2) is 7.43. The molecule has 8 nitrogen and oxygen atoms in total. The number of aliphatic hydroxyl groups is 1. The van der Waals surface area contributed by atoms with Crippen LogP contribution in [-0.4, -0.2) is 46.9 Å². The SMILES string of the molecule is CCC(CC)N(CCO)S(=O)(=O)c1ccc([N+](=O)[O-])nc1. The molecule has 0 fully saturated rings. The lowest BCUT2D eigenvalue weighted by molar-refractivity contribution is -0.389. The highest BCUT2D eigenvalue weighted by Gasteiger charge is 2.30. The Morgan fingerprint density at radius 1 is 1.38 bits per heavy atom. The molecule has 9 heteroatoms. The lowest BCUT2D eigenvalue weighted by atomic mass is 10.2. The molecule has 1 N–H and O–H groups in total. The van der Waals surface area contributed by atoms with Crippen molar-refractivity contribution in [1.29, 1.82) is 0 Å². The summed E-state index contributed by atoms with van der Waals surface area (Å²) in [6.45, 7) is 3.41. The zero-order valence-corrected chi connectivity index (χ0v) is 12.8. The predicted molar refractivity (Wildman–Crippen MR) is 76.2 cm³/mol. The van der Waals surface area contributed by atoms with Gasteiger partial charge in [-0.05, 0) is 28.8 Å². The van der Waals surface area contributed by atoms with Gasteiger partial charge in [0, 0.05) is 18.7 Å². The van der Waals surface area contributed by atoms with Crippen LogP contribution in [0.15, 0.2) is 23.2 Å². The third-order valence-corrected chi connectivity index (χ3v) is 5.12. The summed E-state index contributed by atoms with van der Waals surface area (Å²) in [5, 5.41) is 19.6. The minimum atomic E-state index is -3.84. The minimum absolute atomic E-state index is 0.0222. The fraction of sp³-hybridized carbons (Fsp3) is 0.583. The van der Waals surface area contributed by atoms with E-state index in [9.17, 15) is 18.5 Å². The van der Waals surface area contributed by atoms with Gasteiger partial charge in [0.2, 0.25) is 10.0 Å². The van der Waals surface area contributed by atoms with E-state index in [-0.39, 0.29) is 24.1 Å². The standard InChI is InChI=1S/C12H19N3O5S/c1-3-10(4-2)14(7-8-16)21(19,20)11-5-6-12(13-9-11)15(17)18/h5-6,9-10,16H,3-4,7-8H2,1-2H3. The summed E-state index contributed by atoms with van der Waals surface area (Å²) in [4.78, 5) is 13.3. The Morgan fingerprint density at radius 2 is 2.00 bits per heavy atom. The van der Waals surface area contributed by atoms with Crippen LogP contribution in [0.4, 0.5) is 5.82 Å². The van der Waals surface area contributed by atoms with Gasteiger partial charge in [-0.2, -0.15) is 4.31 Å². The fourth-order valence-corrected chi connectivity index (χ4v) is 3.77. The van der Waals surface area contributed by atoms with Crippen molar-refractivity contribution in [3.8, 4) is 0 Å². The maximum Gasteiger partial charge on any atom is 0.363 e. The number of hydrogen-bond acceptors (Lipinski definition) is 6. The molecule has 118 valence electrons. The molecular weight excluding hydrogens is 298 g/mol. The van der Waals surface area contributed by atoms with Gasteiger partial charge < -0.3 is 15.2 Å². The highest BCUT2D eigenvalue weighted by molar-refractivity contribution is 7.89. The molecule has 0 aliphatic heterocycles. The van der Waals surface area contributed by atoms with Crippen molar-refractivity contribution in [2.24, 2.45) is 0 Å². The molecule has 0 unspecified atom stereocenters. The Morgan fingerprint density at radius 3 is 2.38 bits per heavy atom. The molecule has 1 rings (SSSR count). The molecule has 0 saturated heterocycles. The van der Waals surface area contributed by atoms with Gasteiger partial charge in [-0.15, -0.1) is 0 Å². The van der Waals surface area contributed by atoms with Crippen molar-refractivity contribution in [3.63, 3.8) is 0 Å². The molecule has 0 bridgehead atoms. The van der Waals surface area contributed by atoms with E-state index < -0.39 is 20.8 Å². The largest absolute Gasteiger partial charge is 0.395 e. The monoisotopic (exact) mass is 317 g/mol. The van der Waals surface area contributed by atoms with E-state index in [0.29, 0.717) is 12.8 Å². The number of sulfonamides is 1. The highest BCUT2D eigenvalue weighted by atomic mass is 32.2. The molecular formula is C12H19N3O5S. The summed E-state index contributed by atoms with van der Waals surface area (Å²) in [5.41, 5.74) is 0. The number of pyridine rings is 1. The molecule has 0 spiro atoms. The molecule has 0 aliphatic carbocycles. The van der Waals surface area contributed by atoms with Gasteiger partial charge in [0.1, 0.15) is 4.90 Å². The fourth-order valence-electron chi connectivity index (χ4n) is 2.06. The molecule has 0 saturated carbocycles. The van der Waals surface area contributed by atoms with E-state index in [0.717, 1.165) is 18.3 Å². The third kappa shape index (κ3) is 3.96. The first-order valence-corrected chi connectivity index (χ1v) is 8.05. The first-order chi connectivity index (χ1) is 9.88. The van der Waals surface area contributed by atoms with Gasteiger partial charge in [0.05, 0.1) is 6.61 Å². The minimum Gasteiger partial charge on any atom is -0.395 e. The van der Waals surface area contributed by atoms with Gasteiger partial charge in [-0.3, -0.25) is 0 Å². The first-order valence-electron chi connectivity index (χ1n) is 6.61. The van der Waals surface area contributed by atoms with Crippen molar-refractivity contribution < 1.29 is 18.4 Å². The zero-order chi connectivity index (χ0) is 16.0. The topological polar surface area (TPSA) is 114 Å². The van der Waals surface area contributed by atoms with Crippen molar-refractivity contribution in [2.45, 2.75) is 37.6 Å². The molecule has 0 radical (unpaired) electrons. The van der Waals surface area contributed by atoms with Crippen LogP contribution < -0.4 is 0 Å². The van der Waals surface area contributed by atoms with Crippen molar-refractivity contribution in [1.82, 2.24) is 9.29 Å². The lowest BCUT2D eigenvalue weighted by Crippen LogP contribution is -2.41. The second-order valence-corrected chi connectivity index (χ2v) is 6.31. The molecule has 1 aromatic rings. The van der Waals surface area contributed by atoms with Crippen LogP contribution in [-0.2, 0) is 10.0 Å². The van der Waals surface area contributed by atoms with Crippen LogP contribution in [0, 0.1) is 10.1 Å². The molecule has 1 heterocycles. The zero-order valence-electron chi connectivity index (χ0n) is 12.0. The summed E-state index contributed by atoms with van der Waals surface area (Å²) < 4.78 is 26.4. The summed E-state index contributed by atoms with van der Waals surface area (Å²) in [7, 11) is -3.84. The van der Waals surface area contributed by atoms with E-state index >= 15 is 0 Å². The highest BCUT2D eigenvalue weighted by Crippen LogP contribution is 2.21. The number of hydrogen-bond donors (Lipinski definition) is 1. The summed E-state index contributed by atoms with van der Waals surface area (Å²) >= 11 is 0. The predicted octanol–water partition coefficient (Wildman–Crippen LogP) is 1.16. The number of rotatable bonds is 8. The average molecular weight is 317 g/mol. The van der Waals surface area contributed by atoms with Gasteiger partial charge in [-0.25, -0.2) is 8.42 Å². The van der Waals surface area contributed by atoms with Crippen molar-refractivity contribution in [3.05, 3.63) is 28.4 Å². The smallest absolute Gasteiger partial charge is 0.363 e. The van der Waals surface area contributed by atoms with Crippen LogP contribution in [0.1, 0.15) is 26.7 Å². The second-order valence-electron chi connectivity index (χ2n) is 4.42. The van der Waals surface area contributed by atoms with E-state index in [1.165, 1.54) is 4.31 Å². The van der Waals surface area contributed by atoms with Crippen LogP contribution in [0.3, 0.4) is 0 Å². The molecule has 0 aromatic carbocycles. The van der Waals surface area contributed by atoms with Crippen LogP contribution in [0.2, 0.25) is 0 Å². The molecule has 1 aromatic heterocycles. The van der Waals surface area contributed by atoms with E-state index in [2.05, 4.69) is 4.98 Å². The molecule has 21 heavy (non-hydrogen) atoms. The van der Waals surface area contributed by atoms with Gasteiger partial charge >= 0.3 is 5.82 Å². The van der Waals surface area contributed by atoms with E-state index in [1.54, 1.807) is 0 Å². The van der Waals surface area contributed by atoms with E-state index in [1.807, 2.05) is 13.8 Å². The van der Waals surface area contributed by atoms with Crippen LogP contribution in [0.5, 0.6) is 0 Å². The Bertz CT molecular complexity index is 569. The Kier molecular flexibility index (Phi) is 6.19. The van der Waals surface area contributed by atoms with Crippen LogP contribution >= 0.6 is 0 Å². The maximum atomic E-state index is 12.6. The normalized spacial score (nSPS) is 12.0. The summed E-state index contributed by atoms with van der Waals surface area (Å²) in [6.07, 6.45) is 2.19. The lowest BCUT2D eigenvalue weighted by Gasteiger charge is -2.28. The quantitative estimate of drug-likeness (QED) is 0.568. The number of nitrogens with zero attached hydrogens (tertiary/aromatic N) is 3. The van der Waals surface area contributed by atoms with E-state index in [4.69, 9.17) is 5.11 Å². The third-order valence-electron chi connectivity index (χ3n) is 3.18. The molecule has 0 amide bonds. The van der Waals surface area contributed by atoms with Crippen molar-refractivity contribution in [2.75, 3.05) is 13.2 Å². The summed E-state index contributed by atoms with van der Waals surface area (Å²) in [5.74, 6) is -0.412. The average Bonchev–Trinajstić information content (AvgIpc) is 2.47. The first kappa shape index (κ1) is 17.5. The van der Waals surface area contributed by atoms with Crippen LogP contribution in [0.25, 0.3) is 0 Å². The Hall–Kier alpha value is -1.58. The maximum absolute atomic E-state index is 12.6. The van der Waals surface area contributed by atoms with Crippen molar-refractivity contribution >= 4 is 15.8 Å². The number of aromatic nitrogens is 1. The summed E-state index contributed by atoms with van der Waals surface area (Å²) in [6, 6.07) is 1.97. The van der Waals surface area contributed by atoms with Gasteiger partial charge in [-0.1, -0.05) is 13.8 Å². The molecule has 0 atom stereocenters. The Labute approximate surface area is 123 Å². The number of nitro groups is 1. The van der Waals surface area contributed by atoms with Gasteiger partial charge in [0.25, 0.3) is 0 Å².